The molecule has 2 unspecified atom stereocenters. The summed E-state index contributed by atoms with van der Waals surface area (Å²) in [5, 5.41) is 2.42. The monoisotopic (exact) mass is 465 g/mol. The number of nitrogens with zero attached hydrogens (tertiary/aromatic N) is 1. The van der Waals surface area contributed by atoms with E-state index in [9.17, 15) is 19.0 Å². The van der Waals surface area contributed by atoms with Gasteiger partial charge in [-0.2, -0.15) is 0 Å². The highest BCUT2D eigenvalue weighted by Gasteiger charge is 2.36. The molecule has 0 bridgehead atoms. The van der Waals surface area contributed by atoms with Crippen LogP contribution in [0.4, 0.5) is 0 Å². The van der Waals surface area contributed by atoms with Gasteiger partial charge in [0.15, 0.2) is 11.6 Å². The molecular weight excluding hydrogens is 441 g/mol. The van der Waals surface area contributed by atoms with E-state index in [1.54, 1.807) is 30.3 Å². The molecule has 2 atom stereocenters. The number of allylic oxidation sites excluding steroid dienone is 2. The van der Waals surface area contributed by atoms with Crippen LogP contribution in [0.25, 0.3) is 5.70 Å². The van der Waals surface area contributed by atoms with Crippen LogP contribution in [0.15, 0.2) is 59.7 Å². The Balaban J connectivity index is 2.32. The van der Waals surface area contributed by atoms with Crippen LogP contribution >= 0.6 is 19.6 Å². The first-order chi connectivity index (χ1) is 14.8. The van der Waals surface area contributed by atoms with Crippen LogP contribution in [0.5, 0.6) is 0 Å². The van der Waals surface area contributed by atoms with Crippen molar-refractivity contribution in [2.75, 3.05) is 5.75 Å². The predicted molar refractivity (Wildman–Crippen MR) is 121 cm³/mol. The molecule has 7 N–H and O–H groups in total. The number of nitrogens with two attached hydrogens (primary N) is 2. The molecule has 0 fully saturated rings. The number of hydrogen-bond acceptors (Lipinski definition) is 8. The van der Waals surface area contributed by atoms with Gasteiger partial charge < -0.3 is 26.7 Å². The Morgan fingerprint density at radius 2 is 2.13 bits per heavy atom. The molecule has 0 saturated heterocycles. The van der Waals surface area contributed by atoms with Crippen molar-refractivity contribution in [3.8, 4) is 0 Å². The Morgan fingerprint density at radius 1 is 1.42 bits per heavy atom. The standard InChI is InChI=1S/C19H24N5O5PS/c1-2-11-31-29-30(27,28)19(13-7-4-3-5-8-13)24-18(26)14-12-22-16(23-17(14)25)15(21)9-6-10-20/h3-10,12,19H,2,11,20-21H2,1H3,(H,24,26)(H,27,28)(H,22,23,25)/b10-6-,15-9-. The van der Waals surface area contributed by atoms with E-state index in [0.29, 0.717) is 11.3 Å². The van der Waals surface area contributed by atoms with Gasteiger partial charge in [0, 0.05) is 24.0 Å². The SMILES string of the molecule is CCCSOP(=O)(O)C(NC(=O)c1cnc(/C(N)=C/C=C\N)[nH]c1=O)c1ccccc1. The number of carbonyl (C=O) groups excluding carboxylic acids is 1. The Bertz CT molecular complexity index is 1060. The van der Waals surface area contributed by atoms with Crippen LogP contribution in [-0.2, 0) is 8.54 Å². The lowest BCUT2D eigenvalue weighted by Crippen LogP contribution is -2.33. The Hall–Kier alpha value is -2.85. The van der Waals surface area contributed by atoms with Gasteiger partial charge in [0.25, 0.3) is 11.5 Å². The molecule has 0 aliphatic heterocycles. The second-order valence-electron chi connectivity index (χ2n) is 6.23. The molecule has 0 radical (unpaired) electrons. The highest BCUT2D eigenvalue weighted by molar-refractivity contribution is 7.98. The van der Waals surface area contributed by atoms with E-state index in [1.165, 1.54) is 18.4 Å². The van der Waals surface area contributed by atoms with Crippen LogP contribution in [0.1, 0.15) is 40.9 Å². The summed E-state index contributed by atoms with van der Waals surface area (Å²) in [5.41, 5.74) is 10.4. The van der Waals surface area contributed by atoms with Gasteiger partial charge in [-0.25, -0.2) is 8.95 Å². The number of H-pyrrole nitrogens is 1. The first-order valence-electron chi connectivity index (χ1n) is 9.23. The number of carbonyl (C=O) groups is 1. The number of aromatic nitrogens is 2. The zero-order valence-electron chi connectivity index (χ0n) is 16.7. The van der Waals surface area contributed by atoms with E-state index >= 15 is 0 Å². The summed E-state index contributed by atoms with van der Waals surface area (Å²) in [7, 11) is -4.33. The van der Waals surface area contributed by atoms with Gasteiger partial charge in [-0.15, -0.1) is 0 Å². The quantitative estimate of drug-likeness (QED) is 0.153. The smallest absolute Gasteiger partial charge is 0.365 e. The summed E-state index contributed by atoms with van der Waals surface area (Å²) in [4.78, 5) is 42.0. The number of nitrogens with one attached hydrogen (secondary N) is 2. The van der Waals surface area contributed by atoms with E-state index in [4.69, 9.17) is 15.4 Å². The van der Waals surface area contributed by atoms with Crippen molar-refractivity contribution in [2.45, 2.75) is 19.1 Å². The first-order valence-corrected chi connectivity index (χ1v) is 11.8. The summed E-state index contributed by atoms with van der Waals surface area (Å²) in [5.74, 6) is -1.73. The Kier molecular flexibility index (Phi) is 9.07. The van der Waals surface area contributed by atoms with Gasteiger partial charge in [0.05, 0.1) is 5.70 Å². The van der Waals surface area contributed by atoms with E-state index in [-0.39, 0.29) is 17.1 Å². The number of aromatic amines is 1. The van der Waals surface area contributed by atoms with E-state index in [2.05, 4.69) is 15.3 Å². The molecule has 2 rings (SSSR count). The van der Waals surface area contributed by atoms with Crippen molar-refractivity contribution in [3.05, 3.63) is 82.2 Å². The minimum absolute atomic E-state index is 0.0476. The molecule has 2 aromatic rings. The van der Waals surface area contributed by atoms with Crippen molar-refractivity contribution < 1.29 is 18.2 Å². The molecule has 31 heavy (non-hydrogen) atoms. The lowest BCUT2D eigenvalue weighted by Gasteiger charge is -2.23. The van der Waals surface area contributed by atoms with Crippen molar-refractivity contribution in [2.24, 2.45) is 11.5 Å². The summed E-state index contributed by atoms with van der Waals surface area (Å²) in [6.07, 6.45) is 5.91. The number of benzene rings is 1. The molecule has 0 aliphatic rings. The molecule has 10 nitrogen and oxygen atoms in total. The van der Waals surface area contributed by atoms with E-state index < -0.39 is 24.8 Å². The maximum absolute atomic E-state index is 12.8. The largest absolute Gasteiger partial charge is 0.405 e. The van der Waals surface area contributed by atoms with Gasteiger partial charge in [-0.1, -0.05) is 37.3 Å². The first kappa shape index (κ1) is 24.4. The van der Waals surface area contributed by atoms with E-state index in [1.807, 2.05) is 6.92 Å². The highest BCUT2D eigenvalue weighted by Crippen LogP contribution is 2.57. The van der Waals surface area contributed by atoms with Crippen molar-refractivity contribution >= 4 is 31.2 Å². The van der Waals surface area contributed by atoms with Crippen LogP contribution in [-0.4, -0.2) is 26.5 Å². The average Bonchev–Trinajstić information content (AvgIpc) is 2.76. The molecule has 12 heteroatoms. The third kappa shape index (κ3) is 6.83. The summed E-state index contributed by atoms with van der Waals surface area (Å²) in [6.45, 7) is 1.90. The van der Waals surface area contributed by atoms with E-state index in [0.717, 1.165) is 24.7 Å². The molecule has 1 heterocycles. The second kappa shape index (κ2) is 11.5. The fourth-order valence-electron chi connectivity index (χ4n) is 2.37. The van der Waals surface area contributed by atoms with Gasteiger partial charge in [-0.05, 0) is 30.3 Å². The summed E-state index contributed by atoms with van der Waals surface area (Å²) in [6, 6.07) is 8.18. The van der Waals surface area contributed by atoms with Gasteiger partial charge in [0.2, 0.25) is 0 Å². The van der Waals surface area contributed by atoms with Crippen molar-refractivity contribution in [1.82, 2.24) is 15.3 Å². The molecule has 1 aromatic heterocycles. The summed E-state index contributed by atoms with van der Waals surface area (Å²) >= 11 is 0.842. The number of hydrogen-bond donors (Lipinski definition) is 5. The minimum atomic E-state index is -4.33. The average molecular weight is 465 g/mol. The summed E-state index contributed by atoms with van der Waals surface area (Å²) < 4.78 is 18.0. The van der Waals surface area contributed by atoms with Crippen molar-refractivity contribution in [1.29, 1.82) is 0 Å². The third-order valence-corrected chi connectivity index (χ3v) is 6.79. The molecule has 0 spiro atoms. The lowest BCUT2D eigenvalue weighted by atomic mass is 10.2. The Morgan fingerprint density at radius 3 is 2.74 bits per heavy atom. The fourth-order valence-corrected chi connectivity index (χ4v) is 4.61. The van der Waals surface area contributed by atoms with Gasteiger partial charge in [0.1, 0.15) is 5.56 Å². The van der Waals surface area contributed by atoms with Crippen molar-refractivity contribution in [3.63, 3.8) is 0 Å². The van der Waals surface area contributed by atoms with Crippen LogP contribution in [0.2, 0.25) is 0 Å². The number of amides is 1. The zero-order valence-corrected chi connectivity index (χ0v) is 18.4. The Labute approximate surface area is 183 Å². The van der Waals surface area contributed by atoms with Crippen LogP contribution < -0.4 is 22.3 Å². The van der Waals surface area contributed by atoms with Crippen LogP contribution in [0.3, 0.4) is 0 Å². The minimum Gasteiger partial charge on any atom is -0.405 e. The fraction of sp³-hybridized carbons (Fsp3) is 0.211. The normalized spacial score (nSPS) is 14.8. The third-order valence-electron chi connectivity index (χ3n) is 3.86. The van der Waals surface area contributed by atoms with Crippen LogP contribution in [0, 0.1) is 0 Å². The molecule has 1 aromatic carbocycles. The predicted octanol–water partition coefficient (Wildman–Crippen LogP) is 2.23. The van der Waals surface area contributed by atoms with Gasteiger partial charge in [-0.3, -0.25) is 14.2 Å². The molecule has 166 valence electrons. The van der Waals surface area contributed by atoms with Gasteiger partial charge >= 0.3 is 7.60 Å². The lowest BCUT2D eigenvalue weighted by molar-refractivity contribution is 0.0941. The maximum atomic E-state index is 12.8. The molecule has 0 saturated carbocycles. The maximum Gasteiger partial charge on any atom is 0.365 e. The highest BCUT2D eigenvalue weighted by atomic mass is 32.2. The molecule has 0 aliphatic carbocycles. The molecule has 1 amide bonds. The topological polar surface area (TPSA) is 173 Å². The molecular formula is C19H24N5O5PS. The number of rotatable bonds is 10. The second-order valence-corrected chi connectivity index (χ2v) is 9.11. The zero-order chi connectivity index (χ0) is 22.9.